The van der Waals surface area contributed by atoms with Crippen molar-refractivity contribution in [2.45, 2.75) is 6.42 Å². The lowest BCUT2D eigenvalue weighted by atomic mass is 10.1. The summed E-state index contributed by atoms with van der Waals surface area (Å²) in [5.41, 5.74) is 2.49. The van der Waals surface area contributed by atoms with Gasteiger partial charge in [-0.15, -0.1) is 0 Å². The van der Waals surface area contributed by atoms with Gasteiger partial charge in [0, 0.05) is 25.4 Å². The van der Waals surface area contributed by atoms with E-state index >= 15 is 0 Å². The molecule has 2 rings (SSSR count). The predicted octanol–water partition coefficient (Wildman–Crippen LogP) is 1.71. The average molecular weight is 216 g/mol. The molecule has 0 spiro atoms. The second-order valence-corrected chi connectivity index (χ2v) is 3.63. The molecule has 16 heavy (non-hydrogen) atoms. The van der Waals surface area contributed by atoms with E-state index in [4.69, 9.17) is 5.11 Å². The Labute approximate surface area is 93.1 Å². The van der Waals surface area contributed by atoms with Crippen LogP contribution in [-0.2, 0) is 13.5 Å². The molecular formula is C12H12N2O2. The van der Waals surface area contributed by atoms with Crippen LogP contribution >= 0.6 is 0 Å². The monoisotopic (exact) mass is 216 g/mol. The fraction of sp³-hybridized carbons (Fsp3) is 0.167. The predicted molar refractivity (Wildman–Crippen MR) is 59.4 cm³/mol. The Morgan fingerprint density at radius 1 is 1.31 bits per heavy atom. The van der Waals surface area contributed by atoms with Crippen LogP contribution in [0.1, 0.15) is 21.6 Å². The zero-order chi connectivity index (χ0) is 11.5. The number of hydrogen-bond acceptors (Lipinski definition) is 2. The number of aromatic carboxylic acids is 1. The number of carboxylic acids is 1. The molecule has 0 saturated carbocycles. The van der Waals surface area contributed by atoms with Crippen LogP contribution in [0, 0.1) is 0 Å². The van der Waals surface area contributed by atoms with E-state index in [1.54, 1.807) is 18.3 Å². The SMILES string of the molecule is Cn1nccc1Cc1ccc(C(=O)O)cc1. The minimum Gasteiger partial charge on any atom is -0.478 e. The maximum atomic E-state index is 10.7. The van der Waals surface area contributed by atoms with E-state index in [0.29, 0.717) is 5.56 Å². The molecule has 1 N–H and O–H groups in total. The van der Waals surface area contributed by atoms with Crippen molar-refractivity contribution in [3.8, 4) is 0 Å². The lowest BCUT2D eigenvalue weighted by Crippen LogP contribution is -2.00. The fourth-order valence-corrected chi connectivity index (χ4v) is 1.55. The first-order chi connectivity index (χ1) is 7.66. The molecule has 4 nitrogen and oxygen atoms in total. The number of carboxylic acid groups (broad SMARTS) is 1. The number of carbonyl (C=O) groups is 1. The molecule has 0 bridgehead atoms. The topological polar surface area (TPSA) is 55.1 Å². The standard InChI is InChI=1S/C12H12N2O2/c1-14-11(6-7-13-14)8-9-2-4-10(5-3-9)12(15)16/h2-7H,8H2,1H3,(H,15,16). The second kappa shape index (κ2) is 4.18. The highest BCUT2D eigenvalue weighted by molar-refractivity contribution is 5.87. The van der Waals surface area contributed by atoms with Crippen molar-refractivity contribution in [3.05, 3.63) is 53.3 Å². The first-order valence-corrected chi connectivity index (χ1v) is 4.96. The largest absolute Gasteiger partial charge is 0.478 e. The van der Waals surface area contributed by atoms with Gasteiger partial charge in [-0.25, -0.2) is 4.79 Å². The van der Waals surface area contributed by atoms with E-state index in [1.165, 1.54) is 0 Å². The van der Waals surface area contributed by atoms with Crippen molar-refractivity contribution < 1.29 is 9.90 Å². The molecule has 0 aliphatic heterocycles. The van der Waals surface area contributed by atoms with Gasteiger partial charge in [-0.2, -0.15) is 5.10 Å². The Morgan fingerprint density at radius 2 is 2.00 bits per heavy atom. The molecule has 0 unspecified atom stereocenters. The van der Waals surface area contributed by atoms with E-state index in [-0.39, 0.29) is 0 Å². The smallest absolute Gasteiger partial charge is 0.335 e. The van der Waals surface area contributed by atoms with Crippen LogP contribution in [0.2, 0.25) is 0 Å². The molecule has 1 heterocycles. The number of benzene rings is 1. The van der Waals surface area contributed by atoms with Gasteiger partial charge < -0.3 is 5.11 Å². The lowest BCUT2D eigenvalue weighted by molar-refractivity contribution is 0.0697. The van der Waals surface area contributed by atoms with Crippen LogP contribution in [0.3, 0.4) is 0 Å². The molecule has 2 aromatic rings. The van der Waals surface area contributed by atoms with E-state index in [0.717, 1.165) is 17.7 Å². The molecule has 0 atom stereocenters. The van der Waals surface area contributed by atoms with Crippen molar-refractivity contribution in [2.75, 3.05) is 0 Å². The Morgan fingerprint density at radius 3 is 2.50 bits per heavy atom. The zero-order valence-electron chi connectivity index (χ0n) is 8.92. The zero-order valence-corrected chi connectivity index (χ0v) is 8.92. The third-order valence-corrected chi connectivity index (χ3v) is 2.51. The second-order valence-electron chi connectivity index (χ2n) is 3.63. The summed E-state index contributed by atoms with van der Waals surface area (Å²) in [5.74, 6) is -0.896. The summed E-state index contributed by atoms with van der Waals surface area (Å²) in [5, 5.41) is 12.8. The third kappa shape index (κ3) is 2.11. The molecule has 1 aromatic carbocycles. The van der Waals surface area contributed by atoms with Crippen LogP contribution in [0.25, 0.3) is 0 Å². The van der Waals surface area contributed by atoms with Crippen LogP contribution in [0.4, 0.5) is 0 Å². The maximum absolute atomic E-state index is 10.7. The summed E-state index contributed by atoms with van der Waals surface area (Å²) in [6.45, 7) is 0. The van der Waals surface area contributed by atoms with Gasteiger partial charge in [0.05, 0.1) is 5.56 Å². The van der Waals surface area contributed by atoms with Crippen molar-refractivity contribution in [3.63, 3.8) is 0 Å². The van der Waals surface area contributed by atoms with Gasteiger partial charge in [0.1, 0.15) is 0 Å². The first-order valence-electron chi connectivity index (χ1n) is 4.96. The Kier molecular flexibility index (Phi) is 2.72. The Balaban J connectivity index is 2.17. The fourth-order valence-electron chi connectivity index (χ4n) is 1.55. The molecule has 0 radical (unpaired) electrons. The summed E-state index contributed by atoms with van der Waals surface area (Å²) >= 11 is 0. The number of hydrogen-bond donors (Lipinski definition) is 1. The van der Waals surface area contributed by atoms with Gasteiger partial charge in [-0.3, -0.25) is 4.68 Å². The normalized spacial score (nSPS) is 10.3. The quantitative estimate of drug-likeness (QED) is 0.849. The van der Waals surface area contributed by atoms with Crippen LogP contribution < -0.4 is 0 Å². The summed E-state index contributed by atoms with van der Waals surface area (Å²) in [6, 6.07) is 8.85. The van der Waals surface area contributed by atoms with E-state index in [9.17, 15) is 4.79 Å². The van der Waals surface area contributed by atoms with E-state index < -0.39 is 5.97 Å². The minimum absolute atomic E-state index is 0.314. The lowest BCUT2D eigenvalue weighted by Gasteiger charge is -2.02. The molecule has 1 aromatic heterocycles. The molecule has 0 aliphatic rings. The van der Waals surface area contributed by atoms with Gasteiger partial charge >= 0.3 is 5.97 Å². The molecule has 0 saturated heterocycles. The van der Waals surface area contributed by atoms with Gasteiger partial charge in [0.2, 0.25) is 0 Å². The third-order valence-electron chi connectivity index (χ3n) is 2.51. The molecule has 4 heteroatoms. The van der Waals surface area contributed by atoms with Gasteiger partial charge in [-0.1, -0.05) is 12.1 Å². The molecule has 0 aliphatic carbocycles. The number of aryl methyl sites for hydroxylation is 1. The molecule has 0 amide bonds. The van der Waals surface area contributed by atoms with Crippen LogP contribution in [0.5, 0.6) is 0 Å². The highest BCUT2D eigenvalue weighted by Crippen LogP contribution is 2.10. The van der Waals surface area contributed by atoms with Crippen LogP contribution in [0.15, 0.2) is 36.5 Å². The maximum Gasteiger partial charge on any atom is 0.335 e. The van der Waals surface area contributed by atoms with Gasteiger partial charge in [-0.05, 0) is 23.8 Å². The Bertz CT molecular complexity index is 500. The highest BCUT2D eigenvalue weighted by atomic mass is 16.4. The minimum atomic E-state index is -0.896. The summed E-state index contributed by atoms with van der Waals surface area (Å²) < 4.78 is 1.81. The molecular weight excluding hydrogens is 204 g/mol. The molecule has 0 fully saturated rings. The Hall–Kier alpha value is -2.10. The molecule has 82 valence electrons. The van der Waals surface area contributed by atoms with Crippen molar-refractivity contribution >= 4 is 5.97 Å². The number of aromatic nitrogens is 2. The van der Waals surface area contributed by atoms with Crippen LogP contribution in [-0.4, -0.2) is 20.9 Å². The number of rotatable bonds is 3. The van der Waals surface area contributed by atoms with E-state index in [1.807, 2.05) is 29.9 Å². The number of nitrogens with zero attached hydrogens (tertiary/aromatic N) is 2. The van der Waals surface area contributed by atoms with Gasteiger partial charge in [0.15, 0.2) is 0 Å². The van der Waals surface area contributed by atoms with Crippen molar-refractivity contribution in [1.29, 1.82) is 0 Å². The average Bonchev–Trinajstić information content (AvgIpc) is 2.65. The van der Waals surface area contributed by atoms with Gasteiger partial charge in [0.25, 0.3) is 0 Å². The first kappa shape index (κ1) is 10.4. The van der Waals surface area contributed by atoms with Crippen molar-refractivity contribution in [2.24, 2.45) is 7.05 Å². The van der Waals surface area contributed by atoms with Crippen molar-refractivity contribution in [1.82, 2.24) is 9.78 Å². The summed E-state index contributed by atoms with van der Waals surface area (Å²) in [7, 11) is 1.89. The van der Waals surface area contributed by atoms with E-state index in [2.05, 4.69) is 5.10 Å². The summed E-state index contributed by atoms with van der Waals surface area (Å²) in [6.07, 6.45) is 2.51. The summed E-state index contributed by atoms with van der Waals surface area (Å²) in [4.78, 5) is 10.7. The highest BCUT2D eigenvalue weighted by Gasteiger charge is 2.03.